The minimum atomic E-state index is -0.139. The predicted molar refractivity (Wildman–Crippen MR) is 105 cm³/mol. The van der Waals surface area contributed by atoms with Crippen LogP contribution in [0.2, 0.25) is 0 Å². The average molecular weight is 357 g/mol. The minimum absolute atomic E-state index is 0.139. The molecule has 0 aromatic heterocycles. The van der Waals surface area contributed by atoms with Crippen LogP contribution in [0, 0.1) is 0 Å². The van der Waals surface area contributed by atoms with E-state index in [9.17, 15) is 4.79 Å². The molecular formula is C18H40N6O. The molecule has 2 N–H and O–H groups in total. The van der Waals surface area contributed by atoms with Crippen LogP contribution < -0.4 is 10.6 Å². The second-order valence-corrected chi connectivity index (χ2v) is 7.15. The van der Waals surface area contributed by atoms with Crippen molar-refractivity contribution >= 4 is 5.91 Å². The van der Waals surface area contributed by atoms with Crippen molar-refractivity contribution < 1.29 is 4.79 Å². The standard InChI is InChI=1S/C18H40N6O/c1-6-19-16-17(20-7-2)18(25)24-14-12-22(4)10-8-21(3)9-11-23(5)13-15-24/h17,19-20H,6-16H2,1-5H3. The number of nitrogens with one attached hydrogen (secondary N) is 2. The fourth-order valence-corrected chi connectivity index (χ4v) is 2.94. The number of likely N-dealkylation sites (N-methyl/N-ethyl adjacent to an activating group) is 5. The summed E-state index contributed by atoms with van der Waals surface area (Å²) in [6.07, 6.45) is 0. The molecule has 1 aliphatic rings. The molecule has 0 spiro atoms. The van der Waals surface area contributed by atoms with Crippen molar-refractivity contribution in [3.8, 4) is 0 Å². The summed E-state index contributed by atoms with van der Waals surface area (Å²) in [6, 6.07) is -0.139. The molecule has 0 aliphatic carbocycles. The summed E-state index contributed by atoms with van der Waals surface area (Å²) in [4.78, 5) is 22.1. The van der Waals surface area contributed by atoms with E-state index < -0.39 is 0 Å². The quantitative estimate of drug-likeness (QED) is 0.651. The van der Waals surface area contributed by atoms with Gasteiger partial charge in [0.05, 0.1) is 6.04 Å². The van der Waals surface area contributed by atoms with Gasteiger partial charge in [0.25, 0.3) is 0 Å². The third-order valence-corrected chi connectivity index (χ3v) is 4.89. The second kappa shape index (κ2) is 12.6. The molecule has 1 rings (SSSR count). The Labute approximate surface area is 154 Å². The van der Waals surface area contributed by atoms with E-state index in [2.05, 4.69) is 60.3 Å². The van der Waals surface area contributed by atoms with Gasteiger partial charge in [-0.3, -0.25) is 4.79 Å². The van der Waals surface area contributed by atoms with Crippen molar-refractivity contribution in [2.24, 2.45) is 0 Å². The van der Waals surface area contributed by atoms with Gasteiger partial charge in [-0.2, -0.15) is 0 Å². The van der Waals surface area contributed by atoms with Crippen LogP contribution in [0.25, 0.3) is 0 Å². The highest BCUT2D eigenvalue weighted by Crippen LogP contribution is 2.00. The van der Waals surface area contributed by atoms with E-state index in [4.69, 9.17) is 0 Å². The lowest BCUT2D eigenvalue weighted by atomic mass is 10.2. The van der Waals surface area contributed by atoms with Crippen molar-refractivity contribution in [3.63, 3.8) is 0 Å². The van der Waals surface area contributed by atoms with Crippen LogP contribution in [0.1, 0.15) is 13.8 Å². The minimum Gasteiger partial charge on any atom is -0.339 e. The highest BCUT2D eigenvalue weighted by Gasteiger charge is 2.24. The smallest absolute Gasteiger partial charge is 0.241 e. The zero-order valence-electron chi connectivity index (χ0n) is 17.1. The Morgan fingerprint density at radius 2 is 1.24 bits per heavy atom. The summed E-state index contributed by atoms with van der Waals surface area (Å²) in [6.45, 7) is 14.1. The van der Waals surface area contributed by atoms with Gasteiger partial charge in [0.2, 0.25) is 5.91 Å². The van der Waals surface area contributed by atoms with Gasteiger partial charge in [-0.1, -0.05) is 13.8 Å². The maximum absolute atomic E-state index is 13.1. The first-order valence-corrected chi connectivity index (χ1v) is 9.76. The SMILES string of the molecule is CCNCC(NCC)C(=O)N1CCN(C)CCN(C)CCN(C)CC1. The molecule has 148 valence electrons. The molecule has 7 nitrogen and oxygen atoms in total. The molecule has 1 aliphatic heterocycles. The predicted octanol–water partition coefficient (Wildman–Crippen LogP) is -0.788. The van der Waals surface area contributed by atoms with Crippen LogP contribution in [0.3, 0.4) is 0 Å². The van der Waals surface area contributed by atoms with E-state index in [0.717, 1.165) is 65.4 Å². The van der Waals surface area contributed by atoms with Gasteiger partial charge >= 0.3 is 0 Å². The number of amides is 1. The molecule has 1 heterocycles. The van der Waals surface area contributed by atoms with E-state index in [1.807, 2.05) is 4.90 Å². The zero-order chi connectivity index (χ0) is 18.7. The number of hydrogen-bond donors (Lipinski definition) is 2. The number of carbonyl (C=O) groups excluding carboxylic acids is 1. The number of carbonyl (C=O) groups is 1. The van der Waals surface area contributed by atoms with Crippen molar-refractivity contribution in [2.45, 2.75) is 19.9 Å². The van der Waals surface area contributed by atoms with Gasteiger partial charge in [0.15, 0.2) is 0 Å². The normalized spacial score (nSPS) is 21.6. The number of rotatable bonds is 6. The lowest BCUT2D eigenvalue weighted by Gasteiger charge is -2.33. The fourth-order valence-electron chi connectivity index (χ4n) is 2.94. The molecule has 0 radical (unpaired) electrons. The highest BCUT2D eigenvalue weighted by molar-refractivity contribution is 5.82. The molecule has 1 atom stereocenters. The van der Waals surface area contributed by atoms with E-state index in [1.54, 1.807) is 0 Å². The Morgan fingerprint density at radius 1 is 0.800 bits per heavy atom. The molecule has 0 aromatic rings. The van der Waals surface area contributed by atoms with Crippen molar-refractivity contribution in [3.05, 3.63) is 0 Å². The second-order valence-electron chi connectivity index (χ2n) is 7.15. The van der Waals surface area contributed by atoms with Gasteiger partial charge in [-0.05, 0) is 34.2 Å². The molecule has 0 bridgehead atoms. The molecule has 0 aromatic carbocycles. The topological polar surface area (TPSA) is 54.1 Å². The van der Waals surface area contributed by atoms with E-state index >= 15 is 0 Å². The molecular weight excluding hydrogens is 316 g/mol. The Kier molecular flexibility index (Phi) is 11.2. The van der Waals surface area contributed by atoms with Crippen molar-refractivity contribution in [2.75, 3.05) is 93.1 Å². The molecule has 25 heavy (non-hydrogen) atoms. The molecule has 1 saturated heterocycles. The molecule has 1 fully saturated rings. The third-order valence-electron chi connectivity index (χ3n) is 4.89. The van der Waals surface area contributed by atoms with Gasteiger partial charge in [0.1, 0.15) is 0 Å². The van der Waals surface area contributed by atoms with Crippen LogP contribution in [-0.2, 0) is 4.79 Å². The molecule has 0 saturated carbocycles. The van der Waals surface area contributed by atoms with E-state index in [0.29, 0.717) is 6.54 Å². The number of nitrogens with zero attached hydrogens (tertiary/aromatic N) is 4. The Balaban J connectivity index is 2.72. The molecule has 1 unspecified atom stereocenters. The lowest BCUT2D eigenvalue weighted by molar-refractivity contribution is -0.133. The third kappa shape index (κ3) is 8.96. The lowest BCUT2D eigenvalue weighted by Crippen LogP contribution is -2.54. The zero-order valence-corrected chi connectivity index (χ0v) is 17.1. The van der Waals surface area contributed by atoms with Crippen LogP contribution >= 0.6 is 0 Å². The first-order chi connectivity index (χ1) is 12.0. The van der Waals surface area contributed by atoms with Gasteiger partial charge in [-0.25, -0.2) is 0 Å². The summed E-state index contributed by atoms with van der Waals surface area (Å²) >= 11 is 0. The maximum atomic E-state index is 13.1. The summed E-state index contributed by atoms with van der Waals surface area (Å²) < 4.78 is 0. The number of hydrogen-bond acceptors (Lipinski definition) is 6. The fraction of sp³-hybridized carbons (Fsp3) is 0.944. The summed E-state index contributed by atoms with van der Waals surface area (Å²) in [5, 5.41) is 6.65. The highest BCUT2D eigenvalue weighted by atomic mass is 16.2. The monoisotopic (exact) mass is 356 g/mol. The first kappa shape index (κ1) is 22.3. The molecule has 1 amide bonds. The van der Waals surface area contributed by atoms with Crippen LogP contribution in [0.4, 0.5) is 0 Å². The Hall–Kier alpha value is -0.730. The van der Waals surface area contributed by atoms with E-state index in [1.165, 1.54) is 0 Å². The van der Waals surface area contributed by atoms with Crippen LogP contribution in [0.5, 0.6) is 0 Å². The Morgan fingerprint density at radius 3 is 1.64 bits per heavy atom. The van der Waals surface area contributed by atoms with E-state index in [-0.39, 0.29) is 11.9 Å². The summed E-state index contributed by atoms with van der Waals surface area (Å²) in [5.41, 5.74) is 0. The molecule has 7 heteroatoms. The largest absolute Gasteiger partial charge is 0.339 e. The first-order valence-electron chi connectivity index (χ1n) is 9.76. The Bertz CT molecular complexity index is 349. The maximum Gasteiger partial charge on any atom is 0.241 e. The summed E-state index contributed by atoms with van der Waals surface area (Å²) in [5.74, 6) is 0.221. The van der Waals surface area contributed by atoms with Crippen LogP contribution in [0.15, 0.2) is 0 Å². The average Bonchev–Trinajstić information content (AvgIpc) is 2.60. The van der Waals surface area contributed by atoms with Gasteiger partial charge in [0, 0.05) is 58.9 Å². The van der Waals surface area contributed by atoms with Gasteiger partial charge in [-0.15, -0.1) is 0 Å². The van der Waals surface area contributed by atoms with Crippen molar-refractivity contribution in [1.29, 1.82) is 0 Å². The van der Waals surface area contributed by atoms with Crippen molar-refractivity contribution in [1.82, 2.24) is 30.2 Å². The van der Waals surface area contributed by atoms with Crippen LogP contribution in [-0.4, -0.2) is 125 Å². The summed E-state index contributed by atoms with van der Waals surface area (Å²) in [7, 11) is 6.48. The van der Waals surface area contributed by atoms with Gasteiger partial charge < -0.3 is 30.2 Å².